The maximum atomic E-state index is 12.1. The fourth-order valence-corrected chi connectivity index (χ4v) is 3.52. The summed E-state index contributed by atoms with van der Waals surface area (Å²) < 4.78 is 0.811. The third kappa shape index (κ3) is 4.14. The van der Waals surface area contributed by atoms with E-state index in [0.29, 0.717) is 16.6 Å². The molecule has 0 aromatic heterocycles. The lowest BCUT2D eigenvalue weighted by Crippen LogP contribution is -2.38. The fourth-order valence-electron chi connectivity index (χ4n) is 2.35. The number of halogens is 2. The van der Waals surface area contributed by atoms with Crippen molar-refractivity contribution >= 4 is 45.2 Å². The molecule has 0 radical (unpaired) electrons. The Morgan fingerprint density at radius 2 is 2.05 bits per heavy atom. The van der Waals surface area contributed by atoms with Gasteiger partial charge in [0, 0.05) is 21.3 Å². The second-order valence-corrected chi connectivity index (χ2v) is 7.21. The lowest BCUT2D eigenvalue weighted by Gasteiger charge is -2.28. The number of carbonyl (C=O) groups is 1. The van der Waals surface area contributed by atoms with E-state index in [1.54, 1.807) is 12.1 Å². The molecule has 0 atom stereocenters. The SMILES string of the molecule is CSC1CCC(NC(=O)c2ccc(Br)c(Cl)c2)CC1. The van der Waals surface area contributed by atoms with E-state index in [0.717, 1.165) is 22.6 Å². The van der Waals surface area contributed by atoms with Crippen molar-refractivity contribution in [1.29, 1.82) is 0 Å². The van der Waals surface area contributed by atoms with E-state index in [-0.39, 0.29) is 5.91 Å². The average molecular weight is 363 g/mol. The molecule has 0 unspecified atom stereocenters. The monoisotopic (exact) mass is 361 g/mol. The van der Waals surface area contributed by atoms with Crippen molar-refractivity contribution in [3.63, 3.8) is 0 Å². The van der Waals surface area contributed by atoms with Gasteiger partial charge in [0.25, 0.3) is 5.91 Å². The molecule has 0 aliphatic heterocycles. The minimum Gasteiger partial charge on any atom is -0.349 e. The quantitative estimate of drug-likeness (QED) is 0.857. The summed E-state index contributed by atoms with van der Waals surface area (Å²) in [7, 11) is 0. The fraction of sp³-hybridized carbons (Fsp3) is 0.500. The average Bonchev–Trinajstić information content (AvgIpc) is 2.42. The number of carbonyl (C=O) groups excluding carboxylic acids is 1. The Kier molecular flexibility index (Phi) is 5.60. The van der Waals surface area contributed by atoms with Gasteiger partial charge in [-0.15, -0.1) is 0 Å². The van der Waals surface area contributed by atoms with Gasteiger partial charge in [-0.25, -0.2) is 0 Å². The summed E-state index contributed by atoms with van der Waals surface area (Å²) in [6, 6.07) is 5.60. The highest BCUT2D eigenvalue weighted by Gasteiger charge is 2.22. The molecule has 2 nitrogen and oxygen atoms in total. The Hall–Kier alpha value is -0.190. The first-order valence-corrected chi connectivity index (χ1v) is 8.84. The van der Waals surface area contributed by atoms with Crippen LogP contribution in [0.5, 0.6) is 0 Å². The zero-order valence-electron chi connectivity index (χ0n) is 10.8. The number of thioether (sulfide) groups is 1. The predicted octanol–water partition coefficient (Wildman–Crippen LogP) is 4.51. The molecule has 1 saturated carbocycles. The van der Waals surface area contributed by atoms with Gasteiger partial charge in [-0.3, -0.25) is 4.79 Å². The lowest BCUT2D eigenvalue weighted by atomic mass is 9.94. The molecular weight excluding hydrogens is 346 g/mol. The molecule has 2 rings (SSSR count). The Bertz CT molecular complexity index is 461. The van der Waals surface area contributed by atoms with Gasteiger partial charge in [0.05, 0.1) is 5.02 Å². The highest BCUT2D eigenvalue weighted by molar-refractivity contribution is 9.10. The van der Waals surface area contributed by atoms with Gasteiger partial charge in [-0.05, 0) is 66.1 Å². The van der Waals surface area contributed by atoms with Gasteiger partial charge < -0.3 is 5.32 Å². The van der Waals surface area contributed by atoms with Crippen LogP contribution in [-0.4, -0.2) is 23.5 Å². The third-order valence-corrected chi connectivity index (χ3v) is 5.90. The molecule has 0 spiro atoms. The second-order valence-electron chi connectivity index (χ2n) is 4.81. The van der Waals surface area contributed by atoms with Crippen LogP contribution in [0.3, 0.4) is 0 Å². The van der Waals surface area contributed by atoms with Crippen LogP contribution < -0.4 is 5.32 Å². The Labute approximate surface area is 131 Å². The molecule has 1 aromatic rings. The van der Waals surface area contributed by atoms with Crippen LogP contribution in [0.2, 0.25) is 5.02 Å². The summed E-state index contributed by atoms with van der Waals surface area (Å²) >= 11 is 11.3. The summed E-state index contributed by atoms with van der Waals surface area (Å²) in [6.07, 6.45) is 6.68. The summed E-state index contributed by atoms with van der Waals surface area (Å²) in [5.74, 6) is -0.0259. The van der Waals surface area contributed by atoms with E-state index in [2.05, 4.69) is 27.5 Å². The molecule has 0 bridgehead atoms. The van der Waals surface area contributed by atoms with E-state index < -0.39 is 0 Å². The Balaban J connectivity index is 1.92. The van der Waals surface area contributed by atoms with Crippen molar-refractivity contribution in [2.24, 2.45) is 0 Å². The molecule has 5 heteroatoms. The molecule has 0 saturated heterocycles. The number of benzene rings is 1. The maximum Gasteiger partial charge on any atom is 0.251 e. The van der Waals surface area contributed by atoms with E-state index in [1.807, 2.05) is 17.8 Å². The topological polar surface area (TPSA) is 29.1 Å². The molecule has 1 amide bonds. The first-order chi connectivity index (χ1) is 9.10. The molecule has 1 aromatic carbocycles. The van der Waals surface area contributed by atoms with Crippen molar-refractivity contribution in [1.82, 2.24) is 5.32 Å². The van der Waals surface area contributed by atoms with Crippen molar-refractivity contribution in [3.05, 3.63) is 33.3 Å². The zero-order chi connectivity index (χ0) is 13.8. The lowest BCUT2D eigenvalue weighted by molar-refractivity contribution is 0.0928. The standard InChI is InChI=1S/C14H17BrClNOS/c1-19-11-5-3-10(4-6-11)17-14(18)9-2-7-12(15)13(16)8-9/h2,7-8,10-11H,3-6H2,1H3,(H,17,18). The summed E-state index contributed by atoms with van der Waals surface area (Å²) in [5, 5.41) is 4.43. The minimum absolute atomic E-state index is 0.0259. The smallest absolute Gasteiger partial charge is 0.251 e. The molecule has 1 N–H and O–H groups in total. The number of hydrogen-bond donors (Lipinski definition) is 1. The highest BCUT2D eigenvalue weighted by Crippen LogP contribution is 2.27. The van der Waals surface area contributed by atoms with Gasteiger partial charge in [0.1, 0.15) is 0 Å². The highest BCUT2D eigenvalue weighted by atomic mass is 79.9. The third-order valence-electron chi connectivity index (χ3n) is 3.52. The van der Waals surface area contributed by atoms with Crippen LogP contribution in [0.15, 0.2) is 22.7 Å². The van der Waals surface area contributed by atoms with Crippen LogP contribution in [-0.2, 0) is 0 Å². The van der Waals surface area contributed by atoms with Gasteiger partial charge >= 0.3 is 0 Å². The van der Waals surface area contributed by atoms with Crippen molar-refractivity contribution in [2.45, 2.75) is 37.0 Å². The summed E-state index contributed by atoms with van der Waals surface area (Å²) in [6.45, 7) is 0. The van der Waals surface area contributed by atoms with Crippen molar-refractivity contribution < 1.29 is 4.79 Å². The van der Waals surface area contributed by atoms with Crippen molar-refractivity contribution in [3.8, 4) is 0 Å². The normalized spacial score (nSPS) is 23.1. The molecular formula is C14H17BrClNOS. The molecule has 19 heavy (non-hydrogen) atoms. The summed E-state index contributed by atoms with van der Waals surface area (Å²) in [4.78, 5) is 12.1. The molecule has 1 aliphatic rings. The van der Waals surface area contributed by atoms with Crippen LogP contribution in [0.25, 0.3) is 0 Å². The minimum atomic E-state index is -0.0259. The predicted molar refractivity (Wildman–Crippen MR) is 86.2 cm³/mol. The molecule has 1 fully saturated rings. The Morgan fingerprint density at radius 1 is 1.37 bits per heavy atom. The summed E-state index contributed by atoms with van der Waals surface area (Å²) in [5.41, 5.74) is 0.625. The largest absolute Gasteiger partial charge is 0.349 e. The van der Waals surface area contributed by atoms with Gasteiger partial charge in [0.2, 0.25) is 0 Å². The van der Waals surface area contributed by atoms with Crippen molar-refractivity contribution in [2.75, 3.05) is 6.26 Å². The van der Waals surface area contributed by atoms with E-state index >= 15 is 0 Å². The van der Waals surface area contributed by atoms with Crippen LogP contribution in [0.1, 0.15) is 36.0 Å². The first-order valence-electron chi connectivity index (χ1n) is 6.39. The van der Waals surface area contributed by atoms with Gasteiger partial charge in [-0.2, -0.15) is 11.8 Å². The number of amides is 1. The maximum absolute atomic E-state index is 12.1. The van der Waals surface area contributed by atoms with Crippen LogP contribution in [0.4, 0.5) is 0 Å². The zero-order valence-corrected chi connectivity index (χ0v) is 13.9. The van der Waals surface area contributed by atoms with Gasteiger partial charge in [0.15, 0.2) is 0 Å². The number of nitrogens with one attached hydrogen (secondary N) is 1. The molecule has 0 heterocycles. The first kappa shape index (κ1) is 15.2. The van der Waals surface area contributed by atoms with E-state index in [1.165, 1.54) is 12.8 Å². The van der Waals surface area contributed by atoms with E-state index in [4.69, 9.17) is 11.6 Å². The molecule has 1 aliphatic carbocycles. The second kappa shape index (κ2) is 7.00. The number of rotatable bonds is 3. The molecule has 104 valence electrons. The Morgan fingerprint density at radius 3 is 2.63 bits per heavy atom. The van der Waals surface area contributed by atoms with Crippen LogP contribution in [0, 0.1) is 0 Å². The van der Waals surface area contributed by atoms with E-state index in [9.17, 15) is 4.79 Å². The van der Waals surface area contributed by atoms with Crippen LogP contribution >= 0.6 is 39.3 Å². The number of hydrogen-bond acceptors (Lipinski definition) is 2. The van der Waals surface area contributed by atoms with Gasteiger partial charge in [-0.1, -0.05) is 11.6 Å².